The molecule has 1 amide bonds. The van der Waals surface area contributed by atoms with Crippen LogP contribution in [0.3, 0.4) is 0 Å². The smallest absolute Gasteiger partial charge is 0.490 e. The summed E-state index contributed by atoms with van der Waals surface area (Å²) in [6.45, 7) is 3.89. The molecule has 2 aromatic heterocycles. The number of aliphatic carboxylic acids is 2. The van der Waals surface area contributed by atoms with E-state index in [1.807, 2.05) is 23.2 Å². The quantitative estimate of drug-likeness (QED) is 0.235. The lowest BCUT2D eigenvalue weighted by Gasteiger charge is -2.31. The molecule has 1 saturated heterocycles. The number of benzene rings is 1. The Balaban J connectivity index is 0.000000376. The average Bonchev–Trinajstić information content (AvgIpc) is 3.01. The van der Waals surface area contributed by atoms with Crippen LogP contribution in [0.15, 0.2) is 42.9 Å². The standard InChI is InChI=1S/C25H27ClN6O2.2C2HF3O2/c1-16(33)32-8-6-17(7-9-32)15-34-23-5-4-20-11-19(23)3-2-18-10-21(13-27-12-18)30-25-28-14-22(26)24(29-20)31-25;2*3-2(4,5)1(6)7/h4-5,10-14,17H,2-3,6-9,15H2,1H3,(H2,28,29,30,31);2*(H,6,7). The molecule has 48 heavy (non-hydrogen) atoms. The molecule has 0 atom stereocenters. The van der Waals surface area contributed by atoms with E-state index in [-0.39, 0.29) is 5.91 Å². The van der Waals surface area contributed by atoms with Crippen molar-refractivity contribution in [3.63, 3.8) is 0 Å². The number of pyridine rings is 1. The van der Waals surface area contributed by atoms with E-state index in [0.717, 1.165) is 67.0 Å². The molecule has 0 spiro atoms. The summed E-state index contributed by atoms with van der Waals surface area (Å²) in [6, 6.07) is 8.13. The maximum Gasteiger partial charge on any atom is 0.490 e. The molecule has 0 radical (unpaired) electrons. The number of hydrogen-bond donors (Lipinski definition) is 4. The second-order valence-corrected chi connectivity index (χ2v) is 10.8. The summed E-state index contributed by atoms with van der Waals surface area (Å²) in [5, 5.41) is 21.2. The fourth-order valence-corrected chi connectivity index (χ4v) is 4.51. The van der Waals surface area contributed by atoms with Crippen LogP contribution in [0.4, 0.5) is 49.5 Å². The Hall–Kier alpha value is -4.87. The predicted molar refractivity (Wildman–Crippen MR) is 160 cm³/mol. The van der Waals surface area contributed by atoms with Gasteiger partial charge in [0.1, 0.15) is 10.8 Å². The average molecular weight is 707 g/mol. The summed E-state index contributed by atoms with van der Waals surface area (Å²) in [4.78, 5) is 44.5. The molecular weight excluding hydrogens is 678 g/mol. The van der Waals surface area contributed by atoms with E-state index < -0.39 is 24.3 Å². The van der Waals surface area contributed by atoms with Gasteiger partial charge in [0.15, 0.2) is 5.82 Å². The lowest BCUT2D eigenvalue weighted by molar-refractivity contribution is -0.193. The topological polar surface area (TPSA) is 167 Å². The highest BCUT2D eigenvalue weighted by atomic mass is 35.5. The number of rotatable bonds is 3. The van der Waals surface area contributed by atoms with E-state index in [1.165, 1.54) is 0 Å². The molecule has 260 valence electrons. The van der Waals surface area contributed by atoms with Crippen LogP contribution in [0.1, 0.15) is 30.9 Å². The highest BCUT2D eigenvalue weighted by Gasteiger charge is 2.38. The maximum absolute atomic E-state index is 11.6. The van der Waals surface area contributed by atoms with Crippen LogP contribution in [0.25, 0.3) is 0 Å². The van der Waals surface area contributed by atoms with Crippen molar-refractivity contribution < 1.29 is 55.7 Å². The van der Waals surface area contributed by atoms with Crippen molar-refractivity contribution in [3.8, 4) is 5.75 Å². The zero-order valence-electron chi connectivity index (χ0n) is 25.0. The highest BCUT2D eigenvalue weighted by molar-refractivity contribution is 6.32. The molecular formula is C29H29ClF6N6O6. The largest absolute Gasteiger partial charge is 0.493 e. The number of aromatic nitrogens is 3. The van der Waals surface area contributed by atoms with Gasteiger partial charge in [0.25, 0.3) is 0 Å². The molecule has 12 nitrogen and oxygen atoms in total. The van der Waals surface area contributed by atoms with Crippen molar-refractivity contribution >= 4 is 52.6 Å². The maximum atomic E-state index is 11.6. The number of amides is 1. The van der Waals surface area contributed by atoms with Gasteiger partial charge in [-0.05, 0) is 67.0 Å². The predicted octanol–water partition coefficient (Wildman–Crippen LogP) is 6.01. The first kappa shape index (κ1) is 37.6. The van der Waals surface area contributed by atoms with Gasteiger partial charge in [-0.2, -0.15) is 31.3 Å². The van der Waals surface area contributed by atoms with Crippen LogP contribution in [0, 0.1) is 5.92 Å². The zero-order valence-corrected chi connectivity index (χ0v) is 25.8. The normalized spacial score (nSPS) is 14.5. The van der Waals surface area contributed by atoms with Gasteiger partial charge in [-0.15, -0.1) is 0 Å². The Morgan fingerprint density at radius 2 is 1.56 bits per heavy atom. The van der Waals surface area contributed by atoms with E-state index in [0.29, 0.717) is 29.3 Å². The van der Waals surface area contributed by atoms with Crippen molar-refractivity contribution in [1.82, 2.24) is 19.9 Å². The number of aryl methyl sites for hydroxylation is 2. The van der Waals surface area contributed by atoms with E-state index >= 15 is 0 Å². The number of ether oxygens (including phenoxy) is 1. The fourth-order valence-electron chi connectivity index (χ4n) is 4.37. The summed E-state index contributed by atoms with van der Waals surface area (Å²) in [5.74, 6) is -3.06. The van der Waals surface area contributed by atoms with Crippen molar-refractivity contribution in [2.24, 2.45) is 5.92 Å². The first-order valence-corrected chi connectivity index (χ1v) is 14.4. The van der Waals surface area contributed by atoms with Gasteiger partial charge >= 0.3 is 24.3 Å². The van der Waals surface area contributed by atoms with E-state index in [9.17, 15) is 31.1 Å². The minimum absolute atomic E-state index is 0.151. The van der Waals surface area contributed by atoms with Gasteiger partial charge in [0, 0.05) is 31.9 Å². The number of carboxylic acids is 2. The molecule has 4 heterocycles. The van der Waals surface area contributed by atoms with Gasteiger partial charge in [-0.25, -0.2) is 14.6 Å². The summed E-state index contributed by atoms with van der Waals surface area (Å²) < 4.78 is 69.8. The number of hydrogen-bond acceptors (Lipinski definition) is 9. The first-order valence-electron chi connectivity index (χ1n) is 14.0. The fraction of sp³-hybridized carbons (Fsp3) is 0.379. The molecule has 0 unspecified atom stereocenters. The van der Waals surface area contributed by atoms with Gasteiger partial charge < -0.3 is 30.5 Å². The second-order valence-electron chi connectivity index (χ2n) is 10.4. The number of likely N-dealkylation sites (tertiary alicyclic amines) is 1. The third-order valence-corrected chi connectivity index (χ3v) is 7.10. The zero-order chi connectivity index (χ0) is 35.6. The van der Waals surface area contributed by atoms with Gasteiger partial charge in [-0.3, -0.25) is 9.78 Å². The highest BCUT2D eigenvalue weighted by Crippen LogP contribution is 2.31. The number of piperidine rings is 1. The minimum Gasteiger partial charge on any atom is -0.493 e. The number of carbonyl (C=O) groups excluding carboxylic acids is 1. The van der Waals surface area contributed by atoms with Gasteiger partial charge in [0.2, 0.25) is 11.9 Å². The van der Waals surface area contributed by atoms with Crippen LogP contribution in [-0.4, -0.2) is 80.0 Å². The van der Waals surface area contributed by atoms with Crippen LogP contribution in [0.2, 0.25) is 5.02 Å². The van der Waals surface area contributed by atoms with E-state index in [2.05, 4.69) is 37.7 Å². The summed E-state index contributed by atoms with van der Waals surface area (Å²) in [6.07, 6.45) is -1.41. The van der Waals surface area contributed by atoms with Crippen molar-refractivity contribution in [3.05, 3.63) is 59.0 Å². The Kier molecular flexibility index (Phi) is 12.8. The molecule has 2 aliphatic heterocycles. The third kappa shape index (κ3) is 11.7. The molecule has 2 aliphatic rings. The molecule has 3 aromatic rings. The molecule has 0 aliphatic carbocycles. The lowest BCUT2D eigenvalue weighted by atomic mass is 9.97. The minimum atomic E-state index is -5.08. The summed E-state index contributed by atoms with van der Waals surface area (Å²) in [5.41, 5.74) is 3.92. The van der Waals surface area contributed by atoms with Crippen molar-refractivity contribution in [2.45, 2.75) is 45.0 Å². The molecule has 5 rings (SSSR count). The number of carboxylic acid groups (broad SMARTS) is 2. The number of carbonyl (C=O) groups is 3. The van der Waals surface area contributed by atoms with Gasteiger partial charge in [0.05, 0.1) is 24.7 Å². The van der Waals surface area contributed by atoms with Crippen LogP contribution in [0.5, 0.6) is 5.75 Å². The number of fused-ring (bicyclic) bond motifs is 6. The Morgan fingerprint density at radius 1 is 0.938 bits per heavy atom. The lowest BCUT2D eigenvalue weighted by Crippen LogP contribution is -2.38. The Labute approximate surface area is 274 Å². The molecule has 6 bridgehead atoms. The third-order valence-electron chi connectivity index (χ3n) is 6.82. The number of halogens is 7. The number of anilines is 4. The molecule has 1 aromatic carbocycles. The Bertz CT molecular complexity index is 1580. The first-order chi connectivity index (χ1) is 22.4. The number of alkyl halides is 6. The monoisotopic (exact) mass is 706 g/mol. The molecule has 1 fully saturated rings. The van der Waals surface area contributed by atoms with Crippen molar-refractivity contribution in [1.29, 1.82) is 0 Å². The van der Waals surface area contributed by atoms with Crippen molar-refractivity contribution in [2.75, 3.05) is 30.3 Å². The van der Waals surface area contributed by atoms with E-state index in [1.54, 1.807) is 19.3 Å². The Morgan fingerprint density at radius 3 is 2.15 bits per heavy atom. The van der Waals surface area contributed by atoms with Crippen LogP contribution in [-0.2, 0) is 27.2 Å². The van der Waals surface area contributed by atoms with E-state index in [4.69, 9.17) is 36.1 Å². The summed E-state index contributed by atoms with van der Waals surface area (Å²) in [7, 11) is 0. The number of nitrogens with zero attached hydrogens (tertiary/aromatic N) is 4. The van der Waals surface area contributed by atoms with Gasteiger partial charge in [-0.1, -0.05) is 11.6 Å². The molecule has 4 N–H and O–H groups in total. The molecule has 0 saturated carbocycles. The van der Waals surface area contributed by atoms with Crippen LogP contribution < -0.4 is 15.4 Å². The number of nitrogens with one attached hydrogen (secondary N) is 2. The second kappa shape index (κ2) is 16.3. The van der Waals surface area contributed by atoms with Crippen LogP contribution >= 0.6 is 11.6 Å². The SMILES string of the molecule is CC(=O)N1CCC(COc2ccc3cc2CCc2cncc(c2)Nc2ncc(Cl)c(n2)N3)CC1.O=C(O)C(F)(F)F.O=C(O)C(F)(F)F. The summed E-state index contributed by atoms with van der Waals surface area (Å²) >= 11 is 6.35. The molecule has 19 heteroatoms.